The summed E-state index contributed by atoms with van der Waals surface area (Å²) in [5.74, 6) is 0.697. The van der Waals surface area contributed by atoms with E-state index in [-0.39, 0.29) is 22.6 Å². The molecule has 1 heterocycles. The Balaban J connectivity index is 1.80. The van der Waals surface area contributed by atoms with Crippen LogP contribution in [0.3, 0.4) is 0 Å². The first-order chi connectivity index (χ1) is 11.6. The molecule has 0 aliphatic heterocycles. The molecule has 5 nitrogen and oxygen atoms in total. The molecule has 0 atom stereocenters. The largest absolute Gasteiger partial charge is 0.508 e. The van der Waals surface area contributed by atoms with Crippen LogP contribution in [0.15, 0.2) is 51.7 Å². The van der Waals surface area contributed by atoms with E-state index in [1.54, 1.807) is 7.11 Å². The number of benzene rings is 2. The van der Waals surface area contributed by atoms with Crippen molar-refractivity contribution >= 4 is 11.0 Å². The molecule has 24 heavy (non-hydrogen) atoms. The van der Waals surface area contributed by atoms with Crippen molar-refractivity contribution in [2.24, 2.45) is 0 Å². The van der Waals surface area contributed by atoms with Crippen LogP contribution in [0.5, 0.6) is 17.2 Å². The maximum absolute atomic E-state index is 12.1. The first kappa shape index (κ1) is 15.9. The lowest BCUT2D eigenvalue weighted by Crippen LogP contribution is -2.08. The Morgan fingerprint density at radius 2 is 1.92 bits per heavy atom. The normalized spacial score (nSPS) is 10.9. The maximum atomic E-state index is 12.1. The first-order valence-corrected chi connectivity index (χ1v) is 7.69. The zero-order valence-electron chi connectivity index (χ0n) is 13.3. The summed E-state index contributed by atoms with van der Waals surface area (Å²) in [4.78, 5) is 12.1. The number of hydrogen-bond acceptors (Lipinski definition) is 5. The van der Waals surface area contributed by atoms with Crippen molar-refractivity contribution in [1.82, 2.24) is 0 Å². The summed E-state index contributed by atoms with van der Waals surface area (Å²) >= 11 is 0. The van der Waals surface area contributed by atoms with Crippen LogP contribution in [0.2, 0.25) is 0 Å². The molecule has 0 unspecified atom stereocenters. The van der Waals surface area contributed by atoms with Gasteiger partial charge in [0.15, 0.2) is 0 Å². The van der Waals surface area contributed by atoms with E-state index in [0.717, 1.165) is 17.7 Å². The van der Waals surface area contributed by atoms with Crippen molar-refractivity contribution in [3.8, 4) is 17.2 Å². The Hall–Kier alpha value is -2.95. The Morgan fingerprint density at radius 1 is 1.08 bits per heavy atom. The number of hydrogen-bond donors (Lipinski definition) is 2. The van der Waals surface area contributed by atoms with Gasteiger partial charge < -0.3 is 19.4 Å². The topological polar surface area (TPSA) is 79.9 Å². The fraction of sp³-hybridized carbons (Fsp3) is 0.211. The van der Waals surface area contributed by atoms with E-state index in [0.29, 0.717) is 18.2 Å². The molecule has 0 saturated carbocycles. The number of phenolic OH excluding ortho intramolecular Hbond substituents is 1. The van der Waals surface area contributed by atoms with Crippen LogP contribution in [0.4, 0.5) is 0 Å². The average molecular weight is 326 g/mol. The van der Waals surface area contributed by atoms with E-state index in [1.807, 2.05) is 24.3 Å². The van der Waals surface area contributed by atoms with Crippen molar-refractivity contribution in [3.63, 3.8) is 0 Å². The first-order valence-electron chi connectivity index (χ1n) is 7.69. The van der Waals surface area contributed by atoms with E-state index in [9.17, 15) is 15.0 Å². The van der Waals surface area contributed by atoms with Crippen LogP contribution in [0.25, 0.3) is 11.0 Å². The van der Waals surface area contributed by atoms with Gasteiger partial charge in [0.25, 0.3) is 0 Å². The summed E-state index contributed by atoms with van der Waals surface area (Å²) in [6, 6.07) is 12.0. The van der Waals surface area contributed by atoms with E-state index < -0.39 is 5.63 Å². The van der Waals surface area contributed by atoms with Crippen LogP contribution in [0.1, 0.15) is 17.5 Å². The highest BCUT2D eigenvalue weighted by atomic mass is 16.5. The molecule has 0 aliphatic carbocycles. The number of aryl methyl sites for hydroxylation is 1. The summed E-state index contributed by atoms with van der Waals surface area (Å²) in [7, 11) is 1.62. The summed E-state index contributed by atoms with van der Waals surface area (Å²) < 4.78 is 10.4. The van der Waals surface area contributed by atoms with Crippen LogP contribution in [0, 0.1) is 0 Å². The van der Waals surface area contributed by atoms with Crippen LogP contribution in [-0.2, 0) is 12.8 Å². The van der Waals surface area contributed by atoms with E-state index in [2.05, 4.69) is 0 Å². The highest BCUT2D eigenvalue weighted by molar-refractivity contribution is 5.85. The number of ether oxygens (including phenoxy) is 1. The van der Waals surface area contributed by atoms with E-state index in [1.165, 1.54) is 18.2 Å². The third-order valence-corrected chi connectivity index (χ3v) is 3.98. The summed E-state index contributed by atoms with van der Waals surface area (Å²) in [6.07, 6.45) is 1.85. The number of methoxy groups -OCH3 is 1. The van der Waals surface area contributed by atoms with Gasteiger partial charge in [0.05, 0.1) is 18.1 Å². The Bertz CT molecular complexity index is 927. The van der Waals surface area contributed by atoms with Crippen LogP contribution < -0.4 is 10.4 Å². The molecule has 0 radical (unpaired) electrons. The predicted octanol–water partition coefficient (Wildman–Crippen LogP) is 3.39. The molecule has 0 spiro atoms. The molecule has 0 amide bonds. The quantitative estimate of drug-likeness (QED) is 0.703. The molecule has 0 fully saturated rings. The fourth-order valence-electron chi connectivity index (χ4n) is 2.73. The average Bonchev–Trinajstić information content (AvgIpc) is 2.57. The molecule has 5 heteroatoms. The summed E-state index contributed by atoms with van der Waals surface area (Å²) in [5, 5.41) is 20.2. The van der Waals surface area contributed by atoms with Gasteiger partial charge in [-0.15, -0.1) is 0 Å². The summed E-state index contributed by atoms with van der Waals surface area (Å²) in [6.45, 7) is 0. The van der Waals surface area contributed by atoms with Crippen molar-refractivity contribution < 1.29 is 19.4 Å². The molecule has 0 aliphatic rings. The lowest BCUT2D eigenvalue weighted by atomic mass is 10.0. The predicted molar refractivity (Wildman–Crippen MR) is 90.8 cm³/mol. The lowest BCUT2D eigenvalue weighted by Gasteiger charge is -2.07. The zero-order valence-corrected chi connectivity index (χ0v) is 13.3. The van der Waals surface area contributed by atoms with Gasteiger partial charge in [-0.1, -0.05) is 12.1 Å². The smallest absolute Gasteiger partial charge is 0.343 e. The maximum Gasteiger partial charge on any atom is 0.343 e. The van der Waals surface area contributed by atoms with E-state index in [4.69, 9.17) is 9.15 Å². The minimum atomic E-state index is -0.573. The van der Waals surface area contributed by atoms with Gasteiger partial charge in [0.1, 0.15) is 22.8 Å². The second-order valence-corrected chi connectivity index (χ2v) is 5.60. The number of fused-ring (bicyclic) bond motifs is 1. The molecule has 0 saturated heterocycles. The molecular weight excluding hydrogens is 308 g/mol. The molecular formula is C19H18O5. The minimum absolute atomic E-state index is 0.0178. The molecule has 2 aromatic carbocycles. The number of aromatic hydroxyl groups is 2. The van der Waals surface area contributed by atoms with Crippen molar-refractivity contribution in [2.45, 2.75) is 19.3 Å². The Morgan fingerprint density at radius 3 is 2.71 bits per heavy atom. The van der Waals surface area contributed by atoms with Gasteiger partial charge in [-0.3, -0.25) is 0 Å². The third kappa shape index (κ3) is 3.20. The number of phenols is 1. The summed E-state index contributed by atoms with van der Waals surface area (Å²) in [5.41, 5.74) is 0.963. The van der Waals surface area contributed by atoms with Gasteiger partial charge in [0, 0.05) is 6.07 Å². The second kappa shape index (κ2) is 6.66. The molecule has 0 bridgehead atoms. The Labute approximate surface area is 138 Å². The van der Waals surface area contributed by atoms with Gasteiger partial charge in [-0.25, -0.2) is 4.79 Å². The zero-order chi connectivity index (χ0) is 17.1. The fourth-order valence-corrected chi connectivity index (χ4v) is 2.73. The van der Waals surface area contributed by atoms with Crippen molar-refractivity contribution in [1.29, 1.82) is 0 Å². The highest BCUT2D eigenvalue weighted by Crippen LogP contribution is 2.29. The lowest BCUT2D eigenvalue weighted by molar-refractivity contribution is 0.414. The Kier molecular flexibility index (Phi) is 4.42. The number of rotatable bonds is 5. The van der Waals surface area contributed by atoms with Gasteiger partial charge in [0.2, 0.25) is 0 Å². The third-order valence-electron chi connectivity index (χ3n) is 3.98. The molecule has 124 valence electrons. The standard InChI is InChI=1S/C19H18O5/c1-23-14-6-2-4-12(10-14)5-3-7-16-18(21)15-9-8-13(20)11-17(15)24-19(16)22/h2,4,6,8-11,20-21H,3,5,7H2,1H3. The van der Waals surface area contributed by atoms with Crippen LogP contribution >= 0.6 is 0 Å². The molecule has 2 N–H and O–H groups in total. The van der Waals surface area contributed by atoms with Crippen molar-refractivity contribution in [2.75, 3.05) is 7.11 Å². The van der Waals surface area contributed by atoms with Gasteiger partial charge >= 0.3 is 5.63 Å². The highest BCUT2D eigenvalue weighted by Gasteiger charge is 2.14. The molecule has 3 aromatic rings. The molecule has 3 rings (SSSR count). The van der Waals surface area contributed by atoms with Gasteiger partial charge in [-0.05, 0) is 49.1 Å². The van der Waals surface area contributed by atoms with Gasteiger partial charge in [-0.2, -0.15) is 0 Å². The second-order valence-electron chi connectivity index (χ2n) is 5.60. The van der Waals surface area contributed by atoms with Crippen LogP contribution in [-0.4, -0.2) is 17.3 Å². The SMILES string of the molecule is COc1cccc(CCCc2c(O)c3ccc(O)cc3oc2=O)c1. The monoisotopic (exact) mass is 326 g/mol. The van der Waals surface area contributed by atoms with E-state index >= 15 is 0 Å². The minimum Gasteiger partial charge on any atom is -0.508 e. The van der Waals surface area contributed by atoms with Crippen molar-refractivity contribution in [3.05, 3.63) is 64.0 Å². The molecule has 1 aromatic heterocycles.